The van der Waals surface area contributed by atoms with Gasteiger partial charge in [0.05, 0.1) is 32.0 Å². The largest absolute Gasteiger partial charge is 0.494 e. The molecule has 0 amide bonds. The quantitative estimate of drug-likeness (QED) is 0.476. The average molecular weight is 389 g/mol. The van der Waals surface area contributed by atoms with Crippen molar-refractivity contribution in [2.24, 2.45) is 0 Å². The third kappa shape index (κ3) is 3.49. The lowest BCUT2D eigenvalue weighted by Gasteiger charge is -2.12. The summed E-state index contributed by atoms with van der Waals surface area (Å²) in [6.07, 6.45) is 2.70. The van der Waals surface area contributed by atoms with E-state index >= 15 is 0 Å². The van der Waals surface area contributed by atoms with Crippen LogP contribution in [-0.4, -0.2) is 30.8 Å². The van der Waals surface area contributed by atoms with Gasteiger partial charge in [0.2, 0.25) is 0 Å². The molecule has 0 saturated carbocycles. The number of aromatic nitrogens is 2. The molecule has 0 spiro atoms. The molecule has 0 saturated heterocycles. The van der Waals surface area contributed by atoms with Crippen LogP contribution in [0.4, 0.5) is 5.82 Å². The van der Waals surface area contributed by atoms with E-state index in [0.717, 1.165) is 45.1 Å². The Morgan fingerprint density at radius 2 is 1.72 bits per heavy atom. The van der Waals surface area contributed by atoms with Crippen LogP contribution >= 0.6 is 0 Å². The first-order chi connectivity index (χ1) is 14.1. The number of ether oxygens (including phenoxy) is 3. The molecule has 0 unspecified atom stereocenters. The molecule has 0 fully saturated rings. The van der Waals surface area contributed by atoms with Crippen molar-refractivity contribution in [3.8, 4) is 28.5 Å². The molecule has 6 nitrogen and oxygen atoms in total. The van der Waals surface area contributed by atoms with E-state index in [9.17, 15) is 0 Å². The van der Waals surface area contributed by atoms with Gasteiger partial charge in [0, 0.05) is 28.6 Å². The molecular formula is C23H23N3O3. The smallest absolute Gasteiger partial charge is 0.162 e. The van der Waals surface area contributed by atoms with Gasteiger partial charge in [-0.1, -0.05) is 19.1 Å². The van der Waals surface area contributed by atoms with Crippen molar-refractivity contribution >= 4 is 27.5 Å². The van der Waals surface area contributed by atoms with Crippen LogP contribution in [0.2, 0.25) is 0 Å². The maximum atomic E-state index is 6.29. The molecule has 0 radical (unpaired) electrons. The van der Waals surface area contributed by atoms with Crippen molar-refractivity contribution in [3.63, 3.8) is 0 Å². The molecule has 6 heteroatoms. The van der Waals surface area contributed by atoms with Crippen LogP contribution in [0, 0.1) is 0 Å². The van der Waals surface area contributed by atoms with Crippen molar-refractivity contribution in [3.05, 3.63) is 48.7 Å². The minimum absolute atomic E-state index is 0.432. The average Bonchev–Trinajstić information content (AvgIpc) is 2.76. The molecule has 2 N–H and O–H groups in total. The van der Waals surface area contributed by atoms with Gasteiger partial charge in [0.15, 0.2) is 11.5 Å². The zero-order valence-electron chi connectivity index (χ0n) is 16.7. The highest BCUT2D eigenvalue weighted by atomic mass is 16.5. The molecule has 2 aromatic heterocycles. The van der Waals surface area contributed by atoms with Gasteiger partial charge < -0.3 is 19.9 Å². The first-order valence-electron chi connectivity index (χ1n) is 9.48. The third-order valence-corrected chi connectivity index (χ3v) is 4.82. The van der Waals surface area contributed by atoms with Gasteiger partial charge in [-0.15, -0.1) is 0 Å². The number of benzene rings is 2. The SMILES string of the molecule is CCCOc1cccc(-c2cc3c(cnc4cc(OC)c(OC)cc43)c(N)n2)c1. The standard InChI is InChI=1S/C23H23N3O3/c1-4-8-29-15-7-5-6-14(9-15)19-10-16-17-11-21(27-2)22(28-3)12-20(17)25-13-18(16)23(24)26-19/h5-7,9-13H,4,8H2,1-3H3,(H2,24,26). The summed E-state index contributed by atoms with van der Waals surface area (Å²) in [6, 6.07) is 13.7. The fourth-order valence-electron chi connectivity index (χ4n) is 3.37. The van der Waals surface area contributed by atoms with Gasteiger partial charge >= 0.3 is 0 Å². The summed E-state index contributed by atoms with van der Waals surface area (Å²) in [6.45, 7) is 2.76. The molecule has 0 aliphatic carbocycles. The summed E-state index contributed by atoms with van der Waals surface area (Å²) in [5, 5.41) is 2.68. The second-order valence-corrected chi connectivity index (χ2v) is 6.71. The number of nitrogens with two attached hydrogens (primary N) is 1. The number of nitrogens with zero attached hydrogens (tertiary/aromatic N) is 2. The van der Waals surface area contributed by atoms with Gasteiger partial charge in [-0.25, -0.2) is 4.98 Å². The molecule has 0 aliphatic rings. The number of pyridine rings is 2. The predicted octanol–water partition coefficient (Wildman–Crippen LogP) is 4.84. The molecule has 0 bridgehead atoms. The zero-order valence-corrected chi connectivity index (χ0v) is 16.7. The van der Waals surface area contributed by atoms with E-state index in [-0.39, 0.29) is 0 Å². The van der Waals surface area contributed by atoms with Crippen molar-refractivity contribution in [1.82, 2.24) is 9.97 Å². The lowest BCUT2D eigenvalue weighted by atomic mass is 10.0. The van der Waals surface area contributed by atoms with Crippen molar-refractivity contribution in [1.29, 1.82) is 0 Å². The molecule has 4 aromatic rings. The molecule has 148 valence electrons. The van der Waals surface area contributed by atoms with Gasteiger partial charge in [0.1, 0.15) is 11.6 Å². The molecule has 2 aromatic carbocycles. The lowest BCUT2D eigenvalue weighted by Crippen LogP contribution is -1.98. The summed E-state index contributed by atoms with van der Waals surface area (Å²) < 4.78 is 16.6. The molecule has 0 aliphatic heterocycles. The fourth-order valence-corrected chi connectivity index (χ4v) is 3.37. The van der Waals surface area contributed by atoms with Gasteiger partial charge in [-0.2, -0.15) is 0 Å². The van der Waals surface area contributed by atoms with E-state index in [2.05, 4.69) is 16.9 Å². The van der Waals surface area contributed by atoms with E-state index in [1.54, 1.807) is 20.4 Å². The number of hydrogen-bond acceptors (Lipinski definition) is 6. The van der Waals surface area contributed by atoms with Crippen LogP contribution in [0.15, 0.2) is 48.7 Å². The number of fused-ring (bicyclic) bond motifs is 3. The molecule has 4 rings (SSSR count). The Kier molecular flexibility index (Phi) is 5.08. The van der Waals surface area contributed by atoms with E-state index < -0.39 is 0 Å². The molecule has 2 heterocycles. The monoisotopic (exact) mass is 389 g/mol. The number of nitrogen functional groups attached to an aromatic ring is 1. The highest BCUT2D eigenvalue weighted by molar-refractivity contribution is 6.10. The Balaban J connectivity index is 1.92. The maximum absolute atomic E-state index is 6.29. The topological polar surface area (TPSA) is 79.5 Å². The van der Waals surface area contributed by atoms with E-state index in [1.165, 1.54) is 0 Å². The molecule has 29 heavy (non-hydrogen) atoms. The van der Waals surface area contributed by atoms with E-state index in [0.29, 0.717) is 23.9 Å². The van der Waals surface area contributed by atoms with Crippen molar-refractivity contribution in [2.75, 3.05) is 26.6 Å². The van der Waals surface area contributed by atoms with Crippen molar-refractivity contribution < 1.29 is 14.2 Å². The summed E-state index contributed by atoms with van der Waals surface area (Å²) in [7, 11) is 3.23. The van der Waals surface area contributed by atoms with Gasteiger partial charge in [-0.3, -0.25) is 4.98 Å². The molecule has 0 atom stereocenters. The van der Waals surface area contributed by atoms with Crippen molar-refractivity contribution in [2.45, 2.75) is 13.3 Å². The van der Waals surface area contributed by atoms with Crippen LogP contribution in [0.25, 0.3) is 32.9 Å². The van der Waals surface area contributed by atoms with Gasteiger partial charge in [-0.05, 0) is 36.1 Å². The highest BCUT2D eigenvalue weighted by Crippen LogP contribution is 2.37. The first kappa shape index (κ1) is 18.8. The van der Waals surface area contributed by atoms with Crippen LogP contribution in [-0.2, 0) is 0 Å². The maximum Gasteiger partial charge on any atom is 0.162 e. The Morgan fingerprint density at radius 3 is 2.48 bits per heavy atom. The van der Waals surface area contributed by atoms with Crippen LogP contribution < -0.4 is 19.9 Å². The second-order valence-electron chi connectivity index (χ2n) is 6.71. The Labute approximate surface area is 169 Å². The minimum Gasteiger partial charge on any atom is -0.494 e. The van der Waals surface area contributed by atoms with Crippen LogP contribution in [0.1, 0.15) is 13.3 Å². The fraction of sp³-hybridized carbons (Fsp3) is 0.217. The minimum atomic E-state index is 0.432. The van der Waals surface area contributed by atoms with Crippen LogP contribution in [0.5, 0.6) is 17.2 Å². The lowest BCUT2D eigenvalue weighted by molar-refractivity contribution is 0.317. The highest BCUT2D eigenvalue weighted by Gasteiger charge is 2.13. The number of anilines is 1. The summed E-state index contributed by atoms with van der Waals surface area (Å²) in [5.41, 5.74) is 8.81. The Hall–Kier alpha value is -3.54. The number of methoxy groups -OCH3 is 2. The van der Waals surface area contributed by atoms with Crippen LogP contribution in [0.3, 0.4) is 0 Å². The second kappa shape index (κ2) is 7.83. The summed E-state index contributed by atoms with van der Waals surface area (Å²) >= 11 is 0. The number of hydrogen-bond donors (Lipinski definition) is 1. The summed E-state index contributed by atoms with van der Waals surface area (Å²) in [5.74, 6) is 2.52. The van der Waals surface area contributed by atoms with E-state index in [1.807, 2.05) is 42.5 Å². The van der Waals surface area contributed by atoms with Gasteiger partial charge in [0.25, 0.3) is 0 Å². The first-order valence-corrected chi connectivity index (χ1v) is 9.48. The summed E-state index contributed by atoms with van der Waals surface area (Å²) in [4.78, 5) is 9.13. The Morgan fingerprint density at radius 1 is 0.931 bits per heavy atom. The van der Waals surface area contributed by atoms with E-state index in [4.69, 9.17) is 19.9 Å². The Bertz CT molecular complexity index is 1190. The zero-order chi connectivity index (χ0) is 20.4. The third-order valence-electron chi connectivity index (χ3n) is 4.82. The predicted molar refractivity (Wildman–Crippen MR) is 116 cm³/mol. The normalized spacial score (nSPS) is 11.0. The molecular weight excluding hydrogens is 366 g/mol. The number of rotatable bonds is 6.